The van der Waals surface area contributed by atoms with Crippen LogP contribution >= 0.6 is 0 Å². The van der Waals surface area contributed by atoms with Crippen molar-refractivity contribution in [3.05, 3.63) is 47.5 Å². The summed E-state index contributed by atoms with van der Waals surface area (Å²) in [7, 11) is -3.35. The standard InChI is InChI=1S/C31H48B2O7/c1-3-5-7-9-11-13-19-31(20-14-12-10-8-6-4-2)29-23-25(39-32(35)36)15-17-27(29)28-18-16-26(24-30(28)31)40-33(37)38-22-21-34/h15-18,23-24,34-37H,3-14,19-22H2,1-2H3. The summed E-state index contributed by atoms with van der Waals surface area (Å²) in [6.07, 6.45) is 16.3. The highest BCUT2D eigenvalue weighted by Crippen LogP contribution is 2.55. The second-order valence-corrected chi connectivity index (χ2v) is 11.0. The number of unbranched alkanes of at least 4 members (excludes halogenated alkanes) is 10. The van der Waals surface area contributed by atoms with Gasteiger partial charge in [-0.15, -0.1) is 0 Å². The van der Waals surface area contributed by atoms with Crippen LogP contribution in [0.25, 0.3) is 11.1 Å². The molecule has 0 amide bonds. The predicted molar refractivity (Wildman–Crippen MR) is 161 cm³/mol. The van der Waals surface area contributed by atoms with Crippen LogP contribution in [0, 0.1) is 0 Å². The van der Waals surface area contributed by atoms with Crippen LogP contribution in [0.15, 0.2) is 36.4 Å². The molecular weight excluding hydrogens is 506 g/mol. The predicted octanol–water partition coefficient (Wildman–Crippen LogP) is 6.17. The molecule has 7 nitrogen and oxygen atoms in total. The molecule has 0 saturated carbocycles. The molecule has 0 aromatic heterocycles. The Morgan fingerprint density at radius 3 is 1.60 bits per heavy atom. The van der Waals surface area contributed by atoms with Gasteiger partial charge in [0.25, 0.3) is 0 Å². The van der Waals surface area contributed by atoms with Gasteiger partial charge in [-0.2, -0.15) is 0 Å². The highest BCUT2D eigenvalue weighted by atomic mass is 16.7. The number of fused-ring (bicyclic) bond motifs is 3. The van der Waals surface area contributed by atoms with Gasteiger partial charge in [0.1, 0.15) is 11.5 Å². The lowest BCUT2D eigenvalue weighted by Gasteiger charge is -2.33. The van der Waals surface area contributed by atoms with Crippen LogP contribution in [0.3, 0.4) is 0 Å². The molecule has 2 aromatic carbocycles. The van der Waals surface area contributed by atoms with Crippen LogP contribution in [0.2, 0.25) is 0 Å². The number of aliphatic hydroxyl groups is 1. The van der Waals surface area contributed by atoms with Crippen molar-refractivity contribution in [1.29, 1.82) is 0 Å². The summed E-state index contributed by atoms with van der Waals surface area (Å²) in [4.78, 5) is 0. The normalized spacial score (nSPS) is 13.2. The van der Waals surface area contributed by atoms with E-state index < -0.39 is 14.6 Å². The molecule has 40 heavy (non-hydrogen) atoms. The Balaban J connectivity index is 1.97. The molecule has 220 valence electrons. The molecule has 4 N–H and O–H groups in total. The molecular formula is C31H48B2O7. The van der Waals surface area contributed by atoms with Gasteiger partial charge in [-0.25, -0.2) is 0 Å². The lowest BCUT2D eigenvalue weighted by atomic mass is 9.70. The molecule has 0 unspecified atom stereocenters. The van der Waals surface area contributed by atoms with E-state index in [1.165, 1.54) is 64.2 Å². The summed E-state index contributed by atoms with van der Waals surface area (Å²) in [6, 6.07) is 11.7. The van der Waals surface area contributed by atoms with Crippen LogP contribution in [0.1, 0.15) is 115 Å². The maximum atomic E-state index is 10.2. The molecule has 0 saturated heterocycles. The van der Waals surface area contributed by atoms with Gasteiger partial charge in [0.15, 0.2) is 0 Å². The Kier molecular flexibility index (Phi) is 13.8. The van der Waals surface area contributed by atoms with E-state index in [-0.39, 0.29) is 18.6 Å². The van der Waals surface area contributed by atoms with Crippen molar-refractivity contribution in [3.63, 3.8) is 0 Å². The number of rotatable bonds is 21. The minimum Gasteiger partial charge on any atom is -0.512 e. The summed E-state index contributed by atoms with van der Waals surface area (Å²) in [5.74, 6) is 0.940. The van der Waals surface area contributed by atoms with Crippen LogP contribution in [-0.4, -0.2) is 48.0 Å². The van der Waals surface area contributed by atoms with E-state index in [1.54, 1.807) is 6.07 Å². The minimum atomic E-state index is -1.88. The molecule has 0 atom stereocenters. The molecule has 9 heteroatoms. The lowest BCUT2D eigenvalue weighted by Crippen LogP contribution is -2.28. The SMILES string of the molecule is CCCCCCCCC1(CCCCCCCC)c2cc(OB(O)O)ccc2-c2ccc(OB(O)OCCO)cc21. The molecule has 1 aliphatic rings. The zero-order valence-corrected chi connectivity index (χ0v) is 24.4. The summed E-state index contributed by atoms with van der Waals surface area (Å²) in [5.41, 5.74) is 4.28. The Morgan fingerprint density at radius 2 is 1.12 bits per heavy atom. The van der Waals surface area contributed by atoms with Crippen molar-refractivity contribution in [2.45, 2.75) is 109 Å². The molecule has 0 radical (unpaired) electrons. The fraction of sp³-hybridized carbons (Fsp3) is 0.613. The highest BCUT2D eigenvalue weighted by Gasteiger charge is 2.43. The Hall–Kier alpha value is -2.03. The van der Waals surface area contributed by atoms with Gasteiger partial charge >= 0.3 is 14.6 Å². The van der Waals surface area contributed by atoms with Gasteiger partial charge in [0, 0.05) is 5.41 Å². The number of aliphatic hydroxyl groups excluding tert-OH is 1. The quantitative estimate of drug-likeness (QED) is 0.108. The Labute approximate surface area is 241 Å². The van der Waals surface area contributed by atoms with E-state index in [0.29, 0.717) is 11.5 Å². The first-order valence-electron chi connectivity index (χ1n) is 15.3. The first kappa shape index (κ1) is 32.5. The van der Waals surface area contributed by atoms with Crippen molar-refractivity contribution in [3.8, 4) is 22.6 Å². The van der Waals surface area contributed by atoms with Gasteiger partial charge in [-0.1, -0.05) is 103 Å². The van der Waals surface area contributed by atoms with Crippen LogP contribution in [0.4, 0.5) is 0 Å². The maximum absolute atomic E-state index is 10.2. The van der Waals surface area contributed by atoms with Gasteiger partial charge in [0.2, 0.25) is 0 Å². The first-order valence-corrected chi connectivity index (χ1v) is 15.3. The third kappa shape index (κ3) is 8.98. The summed E-state index contributed by atoms with van der Waals surface area (Å²) in [6.45, 7) is 4.25. The highest BCUT2D eigenvalue weighted by molar-refractivity contribution is 6.35. The van der Waals surface area contributed by atoms with Gasteiger partial charge < -0.3 is 34.1 Å². The Morgan fingerprint density at radius 1 is 0.650 bits per heavy atom. The van der Waals surface area contributed by atoms with Crippen LogP contribution < -0.4 is 9.31 Å². The van der Waals surface area contributed by atoms with Crippen LogP contribution in [0.5, 0.6) is 11.5 Å². The fourth-order valence-electron chi connectivity index (χ4n) is 6.10. The fourth-order valence-corrected chi connectivity index (χ4v) is 6.10. The van der Waals surface area contributed by atoms with Gasteiger partial charge in [-0.3, -0.25) is 0 Å². The molecule has 0 heterocycles. The summed E-state index contributed by atoms with van der Waals surface area (Å²) in [5, 5.41) is 38.2. The van der Waals surface area contributed by atoms with Crippen molar-refractivity contribution < 1.29 is 34.1 Å². The molecule has 0 aliphatic heterocycles. The molecule has 0 fully saturated rings. The number of benzene rings is 2. The van der Waals surface area contributed by atoms with Crippen molar-refractivity contribution >= 4 is 14.6 Å². The molecule has 2 aromatic rings. The maximum Gasteiger partial charge on any atom is 0.710 e. The summed E-state index contributed by atoms with van der Waals surface area (Å²) >= 11 is 0. The third-order valence-corrected chi connectivity index (χ3v) is 8.05. The Bertz CT molecular complexity index is 1000. The second kappa shape index (κ2) is 17.0. The van der Waals surface area contributed by atoms with E-state index in [9.17, 15) is 15.1 Å². The molecule has 0 spiro atoms. The van der Waals surface area contributed by atoms with E-state index in [4.69, 9.17) is 19.1 Å². The van der Waals surface area contributed by atoms with Crippen molar-refractivity contribution in [1.82, 2.24) is 0 Å². The van der Waals surface area contributed by atoms with E-state index in [0.717, 1.165) is 47.9 Å². The average Bonchev–Trinajstić information content (AvgIpc) is 3.19. The largest absolute Gasteiger partial charge is 0.710 e. The zero-order chi connectivity index (χ0) is 28.8. The average molecular weight is 554 g/mol. The van der Waals surface area contributed by atoms with E-state index >= 15 is 0 Å². The monoisotopic (exact) mass is 554 g/mol. The van der Waals surface area contributed by atoms with Crippen molar-refractivity contribution in [2.75, 3.05) is 13.2 Å². The molecule has 0 bridgehead atoms. The van der Waals surface area contributed by atoms with Gasteiger partial charge in [0.05, 0.1) is 13.2 Å². The zero-order valence-electron chi connectivity index (χ0n) is 24.4. The summed E-state index contributed by atoms with van der Waals surface area (Å²) < 4.78 is 16.1. The minimum absolute atomic E-state index is 0.0168. The number of hydrogen-bond acceptors (Lipinski definition) is 7. The third-order valence-electron chi connectivity index (χ3n) is 8.05. The molecule has 3 rings (SSSR count). The topological polar surface area (TPSA) is 109 Å². The first-order chi connectivity index (χ1) is 19.4. The van der Waals surface area contributed by atoms with Gasteiger partial charge in [-0.05, 0) is 59.4 Å². The lowest BCUT2D eigenvalue weighted by molar-refractivity contribution is 0.145. The van der Waals surface area contributed by atoms with E-state index in [2.05, 4.69) is 13.8 Å². The van der Waals surface area contributed by atoms with Crippen molar-refractivity contribution in [2.24, 2.45) is 0 Å². The van der Waals surface area contributed by atoms with E-state index in [1.807, 2.05) is 30.3 Å². The second-order valence-electron chi connectivity index (χ2n) is 11.0. The number of hydrogen-bond donors (Lipinski definition) is 4. The smallest absolute Gasteiger partial charge is 0.512 e. The molecule has 1 aliphatic carbocycles. The van der Waals surface area contributed by atoms with Crippen LogP contribution in [-0.2, 0) is 10.1 Å².